The average Bonchev–Trinajstić information content (AvgIpc) is 2.53. The van der Waals surface area contributed by atoms with Crippen LogP contribution in [0.15, 0.2) is 35.4 Å². The highest BCUT2D eigenvalue weighted by molar-refractivity contribution is 5.86. The number of benzene rings is 1. The molecule has 1 rings (SSSR count). The van der Waals surface area contributed by atoms with Gasteiger partial charge in [0.15, 0.2) is 5.92 Å². The number of hydrogen-bond acceptors (Lipinski definition) is 5. The number of hydrogen-bond donors (Lipinski definition) is 2. The van der Waals surface area contributed by atoms with Gasteiger partial charge in [-0.2, -0.15) is 10.4 Å². The number of carbonyl (C=O) groups is 2. The third-order valence-electron chi connectivity index (χ3n) is 3.10. The summed E-state index contributed by atoms with van der Waals surface area (Å²) < 4.78 is 4.69. The second kappa shape index (κ2) is 8.42. The molecule has 0 saturated heterocycles. The SMILES string of the molecule is COC(=O)[C@H](C#N)[C@@H](C/C(C)=N\NC(N)=O)c1ccccc1. The first-order chi connectivity index (χ1) is 10.5. The highest BCUT2D eigenvalue weighted by Crippen LogP contribution is 2.29. The normalized spacial score (nSPS) is 13.6. The summed E-state index contributed by atoms with van der Waals surface area (Å²) in [7, 11) is 1.24. The number of amides is 2. The summed E-state index contributed by atoms with van der Waals surface area (Å²) in [4.78, 5) is 22.5. The molecule has 0 unspecified atom stereocenters. The quantitative estimate of drug-likeness (QED) is 0.470. The number of methoxy groups -OCH3 is 1. The minimum atomic E-state index is -0.967. The van der Waals surface area contributed by atoms with E-state index < -0.39 is 23.8 Å². The van der Waals surface area contributed by atoms with Crippen molar-refractivity contribution in [3.8, 4) is 6.07 Å². The molecule has 0 fully saturated rings. The molecule has 0 aliphatic heterocycles. The van der Waals surface area contributed by atoms with Gasteiger partial charge in [0.05, 0.1) is 13.2 Å². The van der Waals surface area contributed by atoms with E-state index in [1.54, 1.807) is 6.92 Å². The Labute approximate surface area is 128 Å². The predicted molar refractivity (Wildman–Crippen MR) is 80.7 cm³/mol. The summed E-state index contributed by atoms with van der Waals surface area (Å²) >= 11 is 0. The Morgan fingerprint density at radius 1 is 1.41 bits per heavy atom. The van der Waals surface area contributed by atoms with Crippen molar-refractivity contribution < 1.29 is 14.3 Å². The topological polar surface area (TPSA) is 118 Å². The largest absolute Gasteiger partial charge is 0.468 e. The van der Waals surface area contributed by atoms with Crippen molar-refractivity contribution in [2.75, 3.05) is 7.11 Å². The van der Waals surface area contributed by atoms with Gasteiger partial charge >= 0.3 is 12.0 Å². The lowest BCUT2D eigenvalue weighted by molar-refractivity contribution is -0.144. The van der Waals surface area contributed by atoms with Gasteiger partial charge in [0.2, 0.25) is 0 Å². The van der Waals surface area contributed by atoms with Gasteiger partial charge in [-0.3, -0.25) is 4.79 Å². The van der Waals surface area contributed by atoms with Crippen LogP contribution in [0, 0.1) is 17.2 Å². The molecule has 0 aliphatic carbocycles. The molecule has 2 amide bonds. The molecule has 0 heterocycles. The van der Waals surface area contributed by atoms with Crippen LogP contribution in [0.3, 0.4) is 0 Å². The molecule has 7 nitrogen and oxygen atoms in total. The number of nitriles is 1. The fourth-order valence-corrected chi connectivity index (χ4v) is 2.08. The van der Waals surface area contributed by atoms with Gasteiger partial charge in [-0.1, -0.05) is 30.3 Å². The lowest BCUT2D eigenvalue weighted by atomic mass is 9.83. The molecule has 22 heavy (non-hydrogen) atoms. The standard InChI is InChI=1S/C15H18N4O3/c1-10(18-19-15(17)21)8-12(11-6-4-3-5-7-11)13(9-16)14(20)22-2/h3-7,12-13H,8H2,1-2H3,(H3,17,19,21)/b18-10-/t12-,13+/m0/s1. The number of esters is 1. The number of primary amides is 1. The van der Waals surface area contributed by atoms with Gasteiger partial charge in [-0.15, -0.1) is 0 Å². The number of carbonyl (C=O) groups excluding carboxylic acids is 2. The van der Waals surface area contributed by atoms with Gasteiger partial charge in [0.1, 0.15) is 0 Å². The molecular weight excluding hydrogens is 284 g/mol. The Morgan fingerprint density at radius 3 is 2.55 bits per heavy atom. The number of nitrogens with one attached hydrogen (secondary N) is 1. The van der Waals surface area contributed by atoms with Gasteiger partial charge in [0.25, 0.3) is 0 Å². The van der Waals surface area contributed by atoms with Crippen LogP contribution in [0.4, 0.5) is 4.79 Å². The van der Waals surface area contributed by atoms with Gasteiger partial charge < -0.3 is 10.5 Å². The van der Waals surface area contributed by atoms with Crippen LogP contribution >= 0.6 is 0 Å². The summed E-state index contributed by atoms with van der Waals surface area (Å²) in [5.41, 5.74) is 8.44. The second-order valence-electron chi connectivity index (χ2n) is 4.67. The molecule has 0 radical (unpaired) electrons. The Bertz CT molecular complexity index is 593. The van der Waals surface area contributed by atoms with Crippen molar-refractivity contribution in [1.82, 2.24) is 5.43 Å². The fraction of sp³-hybridized carbons (Fsp3) is 0.333. The van der Waals surface area contributed by atoms with E-state index in [-0.39, 0.29) is 0 Å². The van der Waals surface area contributed by atoms with E-state index >= 15 is 0 Å². The van der Waals surface area contributed by atoms with Crippen molar-refractivity contribution in [3.63, 3.8) is 0 Å². The monoisotopic (exact) mass is 302 g/mol. The number of nitrogens with two attached hydrogens (primary N) is 1. The average molecular weight is 302 g/mol. The number of nitrogens with zero attached hydrogens (tertiary/aromatic N) is 2. The van der Waals surface area contributed by atoms with Gasteiger partial charge in [0, 0.05) is 11.6 Å². The third kappa shape index (κ3) is 4.90. The summed E-state index contributed by atoms with van der Waals surface area (Å²) in [5.74, 6) is -2.00. The number of urea groups is 1. The van der Waals surface area contributed by atoms with E-state index in [1.165, 1.54) is 7.11 Å². The lowest BCUT2D eigenvalue weighted by Gasteiger charge is -2.20. The van der Waals surface area contributed by atoms with E-state index in [9.17, 15) is 14.9 Å². The molecule has 3 N–H and O–H groups in total. The molecule has 0 aliphatic rings. The zero-order valence-corrected chi connectivity index (χ0v) is 12.4. The van der Waals surface area contributed by atoms with Crippen molar-refractivity contribution in [1.29, 1.82) is 5.26 Å². The first-order valence-corrected chi connectivity index (χ1v) is 6.60. The smallest absolute Gasteiger partial charge is 0.332 e. The molecule has 0 bridgehead atoms. The lowest BCUT2D eigenvalue weighted by Crippen LogP contribution is -2.27. The fourth-order valence-electron chi connectivity index (χ4n) is 2.08. The summed E-state index contributed by atoms with van der Waals surface area (Å²) in [6.07, 6.45) is 0.303. The Balaban J connectivity index is 3.07. The highest BCUT2D eigenvalue weighted by Gasteiger charge is 2.31. The summed E-state index contributed by atoms with van der Waals surface area (Å²) in [6.45, 7) is 1.68. The molecule has 7 heteroatoms. The molecule has 2 atom stereocenters. The van der Waals surface area contributed by atoms with E-state index in [4.69, 9.17) is 10.5 Å². The molecule has 0 aromatic heterocycles. The molecule has 116 valence electrons. The van der Waals surface area contributed by atoms with Crippen LogP contribution in [0.2, 0.25) is 0 Å². The van der Waals surface area contributed by atoms with Crippen LogP contribution in [0.5, 0.6) is 0 Å². The van der Waals surface area contributed by atoms with E-state index in [1.807, 2.05) is 36.4 Å². The number of hydrazone groups is 1. The first-order valence-electron chi connectivity index (χ1n) is 6.60. The minimum Gasteiger partial charge on any atom is -0.468 e. The van der Waals surface area contributed by atoms with Gasteiger partial charge in [-0.05, 0) is 18.9 Å². The highest BCUT2D eigenvalue weighted by atomic mass is 16.5. The summed E-state index contributed by atoms with van der Waals surface area (Å²) in [6, 6.07) is 10.3. The van der Waals surface area contributed by atoms with E-state index in [2.05, 4.69) is 10.5 Å². The molecule has 1 aromatic rings. The second-order valence-corrected chi connectivity index (χ2v) is 4.67. The maximum Gasteiger partial charge on any atom is 0.332 e. The van der Waals surface area contributed by atoms with E-state index in [0.29, 0.717) is 12.1 Å². The third-order valence-corrected chi connectivity index (χ3v) is 3.10. The van der Waals surface area contributed by atoms with Crippen molar-refractivity contribution in [3.05, 3.63) is 35.9 Å². The molecule has 0 spiro atoms. The Hall–Kier alpha value is -2.88. The van der Waals surface area contributed by atoms with Gasteiger partial charge in [-0.25, -0.2) is 10.2 Å². The van der Waals surface area contributed by atoms with Crippen LogP contribution in [-0.2, 0) is 9.53 Å². The first kappa shape index (κ1) is 17.2. The molecular formula is C15H18N4O3. The Kier molecular flexibility index (Phi) is 6.57. The van der Waals surface area contributed by atoms with Crippen LogP contribution in [0.1, 0.15) is 24.8 Å². The maximum absolute atomic E-state index is 11.8. The zero-order valence-electron chi connectivity index (χ0n) is 12.4. The minimum absolute atomic E-state index is 0.303. The zero-order chi connectivity index (χ0) is 16.5. The number of ether oxygens (including phenoxy) is 1. The van der Waals surface area contributed by atoms with Crippen molar-refractivity contribution in [2.45, 2.75) is 19.3 Å². The van der Waals surface area contributed by atoms with Crippen LogP contribution < -0.4 is 11.2 Å². The van der Waals surface area contributed by atoms with Crippen molar-refractivity contribution >= 4 is 17.7 Å². The van der Waals surface area contributed by atoms with E-state index in [0.717, 1.165) is 5.56 Å². The van der Waals surface area contributed by atoms with Crippen LogP contribution in [0.25, 0.3) is 0 Å². The van der Waals surface area contributed by atoms with Crippen LogP contribution in [-0.4, -0.2) is 24.8 Å². The summed E-state index contributed by atoms with van der Waals surface area (Å²) in [5, 5.41) is 13.1. The molecule has 1 aromatic carbocycles. The number of rotatable bonds is 6. The van der Waals surface area contributed by atoms with Crippen molar-refractivity contribution in [2.24, 2.45) is 16.8 Å². The molecule has 0 saturated carbocycles. The maximum atomic E-state index is 11.8. The Morgan fingerprint density at radius 2 is 2.05 bits per heavy atom. The predicted octanol–water partition coefficient (Wildman–Crippen LogP) is 1.52.